The Labute approximate surface area is 157 Å². The van der Waals surface area contributed by atoms with Gasteiger partial charge in [-0.1, -0.05) is 30.7 Å². The predicted octanol–water partition coefficient (Wildman–Crippen LogP) is 3.37. The molecular formula is C18H20ClFN2O3S. The zero-order chi connectivity index (χ0) is 19.3. The number of hydrogen-bond donors (Lipinski definition) is 1. The zero-order valence-electron chi connectivity index (χ0n) is 14.4. The fourth-order valence-corrected chi connectivity index (χ4v) is 3.94. The zero-order valence-corrected chi connectivity index (χ0v) is 16.0. The summed E-state index contributed by atoms with van der Waals surface area (Å²) in [5, 5.41) is 3.15. The van der Waals surface area contributed by atoms with Crippen LogP contribution in [0.4, 0.5) is 4.39 Å². The molecule has 0 aliphatic rings. The molecule has 0 aliphatic heterocycles. The largest absolute Gasteiger partial charge is 0.348 e. The van der Waals surface area contributed by atoms with E-state index >= 15 is 0 Å². The van der Waals surface area contributed by atoms with Crippen molar-refractivity contribution in [3.63, 3.8) is 0 Å². The molecule has 5 nitrogen and oxygen atoms in total. The van der Waals surface area contributed by atoms with Crippen LogP contribution >= 0.6 is 11.6 Å². The molecule has 0 aromatic heterocycles. The normalized spacial score (nSPS) is 12.8. The highest BCUT2D eigenvalue weighted by Gasteiger charge is 2.25. The molecule has 2 aromatic carbocycles. The van der Waals surface area contributed by atoms with E-state index in [9.17, 15) is 17.6 Å². The summed E-state index contributed by atoms with van der Waals surface area (Å²) < 4.78 is 39.4. The molecule has 0 heterocycles. The minimum atomic E-state index is -3.80. The van der Waals surface area contributed by atoms with Gasteiger partial charge in [-0.2, -0.15) is 4.31 Å². The molecule has 26 heavy (non-hydrogen) atoms. The molecule has 0 spiro atoms. The molecule has 0 radical (unpaired) electrons. The fourth-order valence-electron chi connectivity index (χ4n) is 2.40. The standard InChI is InChI=1S/C18H20ClFN2O3S/c1-3-22(26(24,25)17-10-6-15(19)7-11-17)12-18(23)21-13(2)14-4-8-16(20)9-5-14/h4-11,13H,3,12H2,1-2H3,(H,21,23)/t13-/m1/s1. The smallest absolute Gasteiger partial charge is 0.243 e. The predicted molar refractivity (Wildman–Crippen MR) is 98.8 cm³/mol. The summed E-state index contributed by atoms with van der Waals surface area (Å²) in [6, 6.07) is 11.2. The van der Waals surface area contributed by atoms with Crippen LogP contribution in [0.15, 0.2) is 53.4 Å². The van der Waals surface area contributed by atoms with Gasteiger partial charge in [0, 0.05) is 11.6 Å². The number of rotatable bonds is 7. The van der Waals surface area contributed by atoms with Gasteiger partial charge in [0.1, 0.15) is 5.82 Å². The maximum atomic E-state index is 13.0. The molecule has 1 amide bonds. The highest BCUT2D eigenvalue weighted by atomic mass is 35.5. The van der Waals surface area contributed by atoms with Crippen molar-refractivity contribution in [1.82, 2.24) is 9.62 Å². The number of hydrogen-bond acceptors (Lipinski definition) is 3. The Morgan fingerprint density at radius 3 is 2.27 bits per heavy atom. The summed E-state index contributed by atoms with van der Waals surface area (Å²) in [6.45, 7) is 3.23. The minimum Gasteiger partial charge on any atom is -0.348 e. The lowest BCUT2D eigenvalue weighted by Gasteiger charge is -2.22. The van der Waals surface area contributed by atoms with Crippen LogP contribution in [-0.4, -0.2) is 31.7 Å². The average molecular weight is 399 g/mol. The van der Waals surface area contributed by atoms with Gasteiger partial charge in [0.25, 0.3) is 0 Å². The van der Waals surface area contributed by atoms with Crippen LogP contribution in [0.2, 0.25) is 5.02 Å². The molecule has 0 aliphatic carbocycles. The maximum absolute atomic E-state index is 13.0. The Bertz CT molecular complexity index is 855. The molecule has 2 rings (SSSR count). The second kappa shape index (κ2) is 8.62. The Kier molecular flexibility index (Phi) is 6.75. The van der Waals surface area contributed by atoms with Gasteiger partial charge in [0.2, 0.25) is 15.9 Å². The van der Waals surface area contributed by atoms with Crippen LogP contribution in [0.5, 0.6) is 0 Å². The molecule has 0 saturated heterocycles. The molecule has 0 fully saturated rings. The van der Waals surface area contributed by atoms with Gasteiger partial charge in [-0.05, 0) is 48.9 Å². The van der Waals surface area contributed by atoms with Crippen molar-refractivity contribution in [2.24, 2.45) is 0 Å². The highest BCUT2D eigenvalue weighted by Crippen LogP contribution is 2.18. The maximum Gasteiger partial charge on any atom is 0.243 e. The summed E-state index contributed by atoms with van der Waals surface area (Å²) in [6.07, 6.45) is 0. The van der Waals surface area contributed by atoms with E-state index in [-0.39, 0.29) is 29.8 Å². The summed E-state index contributed by atoms with van der Waals surface area (Å²) in [5.41, 5.74) is 0.725. The number of nitrogens with zero attached hydrogens (tertiary/aromatic N) is 1. The van der Waals surface area contributed by atoms with Crippen molar-refractivity contribution in [1.29, 1.82) is 0 Å². The lowest BCUT2D eigenvalue weighted by atomic mass is 10.1. The Morgan fingerprint density at radius 1 is 1.15 bits per heavy atom. The van der Waals surface area contributed by atoms with Gasteiger partial charge in [-0.15, -0.1) is 0 Å². The van der Waals surface area contributed by atoms with Crippen LogP contribution in [0.3, 0.4) is 0 Å². The van der Waals surface area contributed by atoms with Gasteiger partial charge >= 0.3 is 0 Å². The van der Waals surface area contributed by atoms with Crippen LogP contribution in [-0.2, 0) is 14.8 Å². The van der Waals surface area contributed by atoms with Crippen LogP contribution in [0, 0.1) is 5.82 Å². The van der Waals surface area contributed by atoms with Crippen molar-refractivity contribution in [3.8, 4) is 0 Å². The topological polar surface area (TPSA) is 66.5 Å². The highest BCUT2D eigenvalue weighted by molar-refractivity contribution is 7.89. The third-order valence-electron chi connectivity index (χ3n) is 3.87. The number of halogens is 2. The number of amides is 1. The van der Waals surface area contributed by atoms with Crippen molar-refractivity contribution in [3.05, 3.63) is 64.9 Å². The molecule has 8 heteroatoms. The van der Waals surface area contributed by atoms with E-state index in [4.69, 9.17) is 11.6 Å². The molecule has 140 valence electrons. The minimum absolute atomic E-state index is 0.0723. The lowest BCUT2D eigenvalue weighted by molar-refractivity contribution is -0.121. The summed E-state index contributed by atoms with van der Waals surface area (Å²) in [7, 11) is -3.80. The third kappa shape index (κ3) is 5.03. The van der Waals surface area contributed by atoms with E-state index in [0.29, 0.717) is 5.02 Å². The van der Waals surface area contributed by atoms with Crippen LogP contribution < -0.4 is 5.32 Å². The second-order valence-electron chi connectivity index (χ2n) is 5.73. The van der Waals surface area contributed by atoms with E-state index in [0.717, 1.165) is 9.87 Å². The molecule has 0 bridgehead atoms. The number of nitrogens with one attached hydrogen (secondary N) is 1. The molecule has 2 aromatic rings. The molecule has 1 N–H and O–H groups in total. The number of benzene rings is 2. The van der Waals surface area contributed by atoms with E-state index in [1.54, 1.807) is 26.0 Å². The molecular weight excluding hydrogens is 379 g/mol. The van der Waals surface area contributed by atoms with Crippen molar-refractivity contribution in [2.45, 2.75) is 24.8 Å². The first kappa shape index (κ1) is 20.4. The summed E-state index contributed by atoms with van der Waals surface area (Å²) in [5.74, 6) is -0.806. The summed E-state index contributed by atoms with van der Waals surface area (Å²) in [4.78, 5) is 12.4. The number of carbonyl (C=O) groups is 1. The fraction of sp³-hybridized carbons (Fsp3) is 0.278. The first-order valence-corrected chi connectivity index (χ1v) is 9.86. The van der Waals surface area contributed by atoms with Gasteiger partial charge in [-0.25, -0.2) is 12.8 Å². The number of likely N-dealkylation sites (N-methyl/N-ethyl adjacent to an activating group) is 1. The summed E-state index contributed by atoms with van der Waals surface area (Å²) >= 11 is 5.79. The molecule has 1 atom stereocenters. The van der Waals surface area contributed by atoms with Crippen molar-refractivity contribution in [2.75, 3.05) is 13.1 Å². The second-order valence-corrected chi connectivity index (χ2v) is 8.10. The van der Waals surface area contributed by atoms with Crippen molar-refractivity contribution >= 4 is 27.5 Å². The Hall–Kier alpha value is -1.96. The van der Waals surface area contributed by atoms with Crippen molar-refractivity contribution < 1.29 is 17.6 Å². The number of carbonyl (C=O) groups excluding carboxylic acids is 1. The molecule has 0 saturated carbocycles. The Balaban J connectivity index is 2.07. The van der Waals surface area contributed by atoms with Gasteiger partial charge in [-0.3, -0.25) is 4.79 Å². The van der Waals surface area contributed by atoms with E-state index < -0.39 is 15.9 Å². The first-order valence-electron chi connectivity index (χ1n) is 8.04. The monoisotopic (exact) mass is 398 g/mol. The number of sulfonamides is 1. The van der Waals surface area contributed by atoms with E-state index in [1.807, 2.05) is 0 Å². The van der Waals surface area contributed by atoms with E-state index in [2.05, 4.69) is 5.32 Å². The first-order chi connectivity index (χ1) is 12.2. The van der Waals surface area contributed by atoms with Crippen LogP contribution in [0.1, 0.15) is 25.5 Å². The van der Waals surface area contributed by atoms with Gasteiger partial charge < -0.3 is 5.32 Å². The Morgan fingerprint density at radius 2 is 1.73 bits per heavy atom. The van der Waals surface area contributed by atoms with E-state index in [1.165, 1.54) is 36.4 Å². The SMILES string of the molecule is CCN(CC(=O)N[C@H](C)c1ccc(F)cc1)S(=O)(=O)c1ccc(Cl)cc1. The van der Waals surface area contributed by atoms with Crippen LogP contribution in [0.25, 0.3) is 0 Å². The van der Waals surface area contributed by atoms with Gasteiger partial charge in [0.05, 0.1) is 17.5 Å². The van der Waals surface area contributed by atoms with Gasteiger partial charge in [0.15, 0.2) is 0 Å². The quantitative estimate of drug-likeness (QED) is 0.777. The average Bonchev–Trinajstić information content (AvgIpc) is 2.60. The molecule has 0 unspecified atom stereocenters. The third-order valence-corrected chi connectivity index (χ3v) is 6.06. The lowest BCUT2D eigenvalue weighted by Crippen LogP contribution is -2.41.